The van der Waals surface area contributed by atoms with E-state index in [2.05, 4.69) is 4.98 Å². The fourth-order valence-corrected chi connectivity index (χ4v) is 1.70. The van der Waals surface area contributed by atoms with Gasteiger partial charge in [-0.25, -0.2) is 4.79 Å². The summed E-state index contributed by atoms with van der Waals surface area (Å²) >= 11 is 11.3. The molecule has 2 N–H and O–H groups in total. The molecule has 0 radical (unpaired) electrons. The van der Waals surface area contributed by atoms with E-state index in [0.717, 1.165) is 0 Å². The number of halogens is 3. The molecule has 2 aromatic rings. The molecule has 0 aromatic carbocycles. The number of pyridine rings is 1. The van der Waals surface area contributed by atoms with Crippen LogP contribution >= 0.6 is 23.2 Å². The van der Waals surface area contributed by atoms with Crippen molar-refractivity contribution in [3.63, 3.8) is 0 Å². The standard InChI is InChI=1S/C12H9Cl2FN2O4/c13-8-10(16)9(14)12(17-11(8)15)21-5-7(18)20-4-6-2-1-3-19-6/h1-3H,4-5H2,(H2,16,17). The van der Waals surface area contributed by atoms with Gasteiger partial charge in [0.2, 0.25) is 11.8 Å². The summed E-state index contributed by atoms with van der Waals surface area (Å²) in [5, 5.41) is -0.590. The van der Waals surface area contributed by atoms with Crippen molar-refractivity contribution in [3.8, 4) is 5.88 Å². The number of carbonyl (C=O) groups is 1. The Balaban J connectivity index is 1.92. The lowest BCUT2D eigenvalue weighted by atomic mass is 10.4. The molecule has 0 amide bonds. The molecule has 0 saturated heterocycles. The topological polar surface area (TPSA) is 87.6 Å². The summed E-state index contributed by atoms with van der Waals surface area (Å²) < 4.78 is 28.1. The smallest absolute Gasteiger partial charge is 0.344 e. The summed E-state index contributed by atoms with van der Waals surface area (Å²) in [6, 6.07) is 3.30. The second-order valence-corrected chi connectivity index (χ2v) is 4.53. The summed E-state index contributed by atoms with van der Waals surface area (Å²) in [6.07, 6.45) is 1.45. The van der Waals surface area contributed by atoms with Crippen LogP contribution in [0.3, 0.4) is 0 Å². The number of anilines is 1. The first-order chi connectivity index (χ1) is 9.99. The fraction of sp³-hybridized carbons (Fsp3) is 0.167. The molecule has 2 aromatic heterocycles. The monoisotopic (exact) mass is 334 g/mol. The van der Waals surface area contributed by atoms with Crippen LogP contribution in [0.1, 0.15) is 5.76 Å². The van der Waals surface area contributed by atoms with E-state index in [4.69, 9.17) is 42.8 Å². The maximum atomic E-state index is 13.3. The Bertz CT molecular complexity index is 649. The van der Waals surface area contributed by atoms with Gasteiger partial charge in [-0.2, -0.15) is 9.37 Å². The van der Waals surface area contributed by atoms with Crippen LogP contribution in [0.2, 0.25) is 10.0 Å². The van der Waals surface area contributed by atoms with Crippen molar-refractivity contribution in [2.75, 3.05) is 12.3 Å². The van der Waals surface area contributed by atoms with Gasteiger partial charge < -0.3 is 19.6 Å². The maximum absolute atomic E-state index is 13.3. The SMILES string of the molecule is Nc1c(Cl)c(F)nc(OCC(=O)OCc2ccco2)c1Cl. The summed E-state index contributed by atoms with van der Waals surface area (Å²) in [5.74, 6) is -1.62. The van der Waals surface area contributed by atoms with E-state index < -0.39 is 23.5 Å². The third-order valence-corrected chi connectivity index (χ3v) is 3.05. The minimum Gasteiger partial charge on any atom is -0.466 e. The summed E-state index contributed by atoms with van der Waals surface area (Å²) in [6.45, 7) is -0.568. The van der Waals surface area contributed by atoms with Gasteiger partial charge in [-0.1, -0.05) is 23.2 Å². The highest BCUT2D eigenvalue weighted by molar-refractivity contribution is 6.39. The number of rotatable bonds is 5. The van der Waals surface area contributed by atoms with Crippen molar-refractivity contribution in [2.45, 2.75) is 6.61 Å². The first-order valence-electron chi connectivity index (χ1n) is 5.59. The quantitative estimate of drug-likeness (QED) is 0.668. The highest BCUT2D eigenvalue weighted by Crippen LogP contribution is 2.35. The first-order valence-corrected chi connectivity index (χ1v) is 6.35. The Labute approximate surface area is 128 Å². The zero-order valence-corrected chi connectivity index (χ0v) is 11.9. The lowest BCUT2D eigenvalue weighted by molar-refractivity contribution is -0.147. The van der Waals surface area contributed by atoms with Crippen molar-refractivity contribution in [1.82, 2.24) is 4.98 Å². The molecule has 0 fully saturated rings. The van der Waals surface area contributed by atoms with E-state index in [1.807, 2.05) is 0 Å². The van der Waals surface area contributed by atoms with Gasteiger partial charge in [0, 0.05) is 0 Å². The van der Waals surface area contributed by atoms with Crippen molar-refractivity contribution in [1.29, 1.82) is 0 Å². The minimum absolute atomic E-state index is 0.0481. The molecule has 2 rings (SSSR count). The highest BCUT2D eigenvalue weighted by atomic mass is 35.5. The van der Waals surface area contributed by atoms with Crippen LogP contribution in [0.25, 0.3) is 0 Å². The number of nitrogen functional groups attached to an aromatic ring is 1. The molecular formula is C12H9Cl2FN2O4. The Hall–Kier alpha value is -1.99. The molecule has 0 unspecified atom stereocenters. The first kappa shape index (κ1) is 15.4. The molecule has 2 heterocycles. The summed E-state index contributed by atoms with van der Waals surface area (Å²) in [4.78, 5) is 14.8. The van der Waals surface area contributed by atoms with Crippen LogP contribution in [-0.2, 0) is 16.1 Å². The van der Waals surface area contributed by atoms with Gasteiger partial charge in [0.1, 0.15) is 22.4 Å². The molecule has 0 saturated carbocycles. The van der Waals surface area contributed by atoms with Gasteiger partial charge in [-0.3, -0.25) is 0 Å². The van der Waals surface area contributed by atoms with Crippen molar-refractivity contribution in [3.05, 3.63) is 40.1 Å². The number of carbonyl (C=O) groups excluding carboxylic acids is 1. The number of nitrogens with zero attached hydrogens (tertiary/aromatic N) is 1. The Kier molecular flexibility index (Phi) is 4.87. The van der Waals surface area contributed by atoms with Gasteiger partial charge in [-0.15, -0.1) is 0 Å². The number of furan rings is 1. The van der Waals surface area contributed by atoms with E-state index in [-0.39, 0.29) is 23.2 Å². The molecule has 112 valence electrons. The third-order valence-electron chi connectivity index (χ3n) is 2.32. The second-order valence-electron chi connectivity index (χ2n) is 3.78. The number of ether oxygens (including phenoxy) is 2. The maximum Gasteiger partial charge on any atom is 0.344 e. The van der Waals surface area contributed by atoms with E-state index in [1.165, 1.54) is 6.26 Å². The highest BCUT2D eigenvalue weighted by Gasteiger charge is 2.17. The lowest BCUT2D eigenvalue weighted by Gasteiger charge is -2.09. The molecule has 0 atom stereocenters. The Morgan fingerprint density at radius 2 is 2.19 bits per heavy atom. The average molecular weight is 335 g/mol. The zero-order chi connectivity index (χ0) is 15.4. The molecule has 0 spiro atoms. The van der Waals surface area contributed by atoms with Gasteiger partial charge >= 0.3 is 5.97 Å². The Morgan fingerprint density at radius 3 is 2.86 bits per heavy atom. The molecule has 0 bridgehead atoms. The van der Waals surface area contributed by atoms with Gasteiger partial charge in [0.25, 0.3) is 0 Å². The Morgan fingerprint density at radius 1 is 1.43 bits per heavy atom. The second kappa shape index (κ2) is 6.64. The van der Waals surface area contributed by atoms with Crippen LogP contribution in [0.4, 0.5) is 10.1 Å². The number of aromatic nitrogens is 1. The van der Waals surface area contributed by atoms with Crippen LogP contribution in [-0.4, -0.2) is 17.6 Å². The van der Waals surface area contributed by atoms with Gasteiger partial charge in [-0.05, 0) is 12.1 Å². The van der Waals surface area contributed by atoms with E-state index >= 15 is 0 Å². The molecule has 0 aliphatic carbocycles. The average Bonchev–Trinajstić information content (AvgIpc) is 2.98. The van der Waals surface area contributed by atoms with Crippen molar-refractivity contribution >= 4 is 34.9 Å². The van der Waals surface area contributed by atoms with Crippen molar-refractivity contribution in [2.24, 2.45) is 0 Å². The number of hydrogen-bond acceptors (Lipinski definition) is 6. The summed E-state index contributed by atoms with van der Waals surface area (Å²) in [7, 11) is 0. The normalized spacial score (nSPS) is 10.4. The third kappa shape index (κ3) is 3.77. The molecule has 21 heavy (non-hydrogen) atoms. The summed E-state index contributed by atoms with van der Waals surface area (Å²) in [5.41, 5.74) is 5.24. The fourth-order valence-electron chi connectivity index (χ4n) is 1.32. The molecule has 0 aliphatic heterocycles. The van der Waals surface area contributed by atoms with Crippen LogP contribution in [0.5, 0.6) is 5.88 Å². The molecule has 0 aliphatic rings. The largest absolute Gasteiger partial charge is 0.466 e. The van der Waals surface area contributed by atoms with E-state index in [9.17, 15) is 9.18 Å². The molecule has 9 heteroatoms. The predicted octanol–water partition coefficient (Wildman–Crippen LogP) is 2.82. The predicted molar refractivity (Wildman–Crippen MR) is 72.6 cm³/mol. The lowest BCUT2D eigenvalue weighted by Crippen LogP contribution is -2.16. The van der Waals surface area contributed by atoms with Gasteiger partial charge in [0.15, 0.2) is 6.61 Å². The minimum atomic E-state index is -1.04. The molecular weight excluding hydrogens is 326 g/mol. The van der Waals surface area contributed by atoms with E-state index in [0.29, 0.717) is 5.76 Å². The van der Waals surface area contributed by atoms with Crippen molar-refractivity contribution < 1.29 is 23.1 Å². The van der Waals surface area contributed by atoms with Crippen LogP contribution in [0.15, 0.2) is 22.8 Å². The number of nitrogens with two attached hydrogens (primary N) is 1. The zero-order valence-electron chi connectivity index (χ0n) is 10.4. The number of hydrogen-bond donors (Lipinski definition) is 1. The van der Waals surface area contributed by atoms with E-state index in [1.54, 1.807) is 12.1 Å². The van der Waals surface area contributed by atoms with Crippen LogP contribution < -0.4 is 10.5 Å². The van der Waals surface area contributed by atoms with Gasteiger partial charge in [0.05, 0.1) is 12.0 Å². The number of esters is 1. The van der Waals surface area contributed by atoms with Crippen LogP contribution in [0, 0.1) is 5.95 Å². The molecule has 6 nitrogen and oxygen atoms in total.